The molecule has 2 aromatic carbocycles. The van der Waals surface area contributed by atoms with E-state index in [0.29, 0.717) is 6.61 Å². The van der Waals surface area contributed by atoms with Gasteiger partial charge in [-0.05, 0) is 48.7 Å². The predicted octanol–water partition coefficient (Wildman–Crippen LogP) is 5.03. The van der Waals surface area contributed by atoms with Crippen LogP contribution in [0.5, 0.6) is 5.75 Å². The van der Waals surface area contributed by atoms with Crippen molar-refractivity contribution in [2.45, 2.75) is 58.4 Å². The van der Waals surface area contributed by atoms with Crippen LogP contribution in [-0.2, 0) is 16.6 Å². The molecule has 29 heavy (non-hydrogen) atoms. The minimum atomic E-state index is -0.793. The monoisotopic (exact) mass is 394 g/mol. The molecule has 154 valence electrons. The van der Waals surface area contributed by atoms with E-state index in [0.717, 1.165) is 35.6 Å². The third-order valence-corrected chi connectivity index (χ3v) is 5.44. The molecule has 0 aromatic heterocycles. The Morgan fingerprint density at radius 2 is 1.83 bits per heavy atom. The maximum absolute atomic E-state index is 11.1. The zero-order chi connectivity index (χ0) is 21.0. The Hall–Kier alpha value is -2.82. The Morgan fingerprint density at radius 1 is 1.17 bits per heavy atom. The molecule has 1 unspecified atom stereocenters. The Morgan fingerprint density at radius 3 is 2.41 bits per heavy atom. The van der Waals surface area contributed by atoms with E-state index in [1.54, 1.807) is 0 Å². The molecule has 0 fully saturated rings. The van der Waals surface area contributed by atoms with Crippen LogP contribution in [0, 0.1) is 0 Å². The third-order valence-electron chi connectivity index (χ3n) is 5.44. The van der Waals surface area contributed by atoms with Crippen molar-refractivity contribution < 1.29 is 14.6 Å². The summed E-state index contributed by atoms with van der Waals surface area (Å²) in [6.07, 6.45) is 1.99. The summed E-state index contributed by atoms with van der Waals surface area (Å²) in [6.45, 7) is 8.62. The van der Waals surface area contributed by atoms with E-state index in [2.05, 4.69) is 36.2 Å². The molecule has 0 bridgehead atoms. The average Bonchev–Trinajstić information content (AvgIpc) is 3.06. The fourth-order valence-electron chi connectivity index (χ4n) is 3.69. The van der Waals surface area contributed by atoms with Gasteiger partial charge in [-0.15, -0.1) is 0 Å². The summed E-state index contributed by atoms with van der Waals surface area (Å²) >= 11 is 0. The van der Waals surface area contributed by atoms with Crippen molar-refractivity contribution in [2.75, 3.05) is 11.6 Å². The van der Waals surface area contributed by atoms with Crippen molar-refractivity contribution in [3.63, 3.8) is 0 Å². The maximum atomic E-state index is 11.1. The van der Waals surface area contributed by atoms with Crippen molar-refractivity contribution in [1.82, 2.24) is 0 Å². The second kappa shape index (κ2) is 8.68. The molecule has 5 nitrogen and oxygen atoms in total. The lowest BCUT2D eigenvalue weighted by atomic mass is 9.82. The van der Waals surface area contributed by atoms with Crippen LogP contribution in [0.25, 0.3) is 0 Å². The first-order chi connectivity index (χ1) is 13.8. The van der Waals surface area contributed by atoms with Crippen molar-refractivity contribution in [2.24, 2.45) is 5.10 Å². The number of carboxylic acid groups (broad SMARTS) is 1. The molecule has 1 aliphatic heterocycles. The molecular formula is C24H30N2O3. The number of hydrazone groups is 1. The van der Waals surface area contributed by atoms with E-state index in [9.17, 15) is 4.79 Å². The van der Waals surface area contributed by atoms with Crippen LogP contribution in [0.3, 0.4) is 0 Å². The molecule has 1 N–H and O–H groups in total. The molecule has 0 saturated carbocycles. The highest BCUT2D eigenvalue weighted by Gasteiger charge is 2.27. The zero-order valence-electron chi connectivity index (χ0n) is 17.7. The quantitative estimate of drug-likeness (QED) is 0.682. The van der Waals surface area contributed by atoms with E-state index < -0.39 is 11.4 Å². The number of benzene rings is 2. The van der Waals surface area contributed by atoms with Crippen LogP contribution in [-0.4, -0.2) is 29.4 Å². The molecule has 0 amide bonds. The van der Waals surface area contributed by atoms with E-state index in [4.69, 9.17) is 14.9 Å². The van der Waals surface area contributed by atoms with Gasteiger partial charge in [0, 0.05) is 17.5 Å². The van der Waals surface area contributed by atoms with Crippen LogP contribution < -0.4 is 9.75 Å². The number of aliphatic carboxylic acids is 1. The molecule has 0 radical (unpaired) electrons. The lowest BCUT2D eigenvalue weighted by Gasteiger charge is -2.25. The second-order valence-electron chi connectivity index (χ2n) is 8.35. The highest BCUT2D eigenvalue weighted by molar-refractivity contribution is 5.86. The average molecular weight is 395 g/mol. The van der Waals surface area contributed by atoms with E-state index in [1.807, 2.05) is 45.0 Å². The van der Waals surface area contributed by atoms with E-state index in [-0.39, 0.29) is 12.5 Å². The Kier molecular flexibility index (Phi) is 6.26. The predicted molar refractivity (Wildman–Crippen MR) is 117 cm³/mol. The molecule has 5 heteroatoms. The standard InChI is InChI=1S/C24H30N2O3/c1-5-18-6-10-20(11-7-18)26-21(14-17(2)25-26)16-29-22-12-8-19(9-13-22)24(3,4)15-23(27)28/h6-13,21H,5,14-16H2,1-4H3,(H,27,28). The van der Waals surface area contributed by atoms with Crippen LogP contribution in [0.1, 0.15) is 51.7 Å². The molecular weight excluding hydrogens is 364 g/mol. The Balaban J connectivity index is 1.64. The molecule has 1 atom stereocenters. The summed E-state index contributed by atoms with van der Waals surface area (Å²) in [7, 11) is 0. The Bertz CT molecular complexity index is 870. The molecule has 1 heterocycles. The summed E-state index contributed by atoms with van der Waals surface area (Å²) in [6, 6.07) is 16.4. The molecule has 0 spiro atoms. The Labute approximate surface area is 173 Å². The normalized spacial score (nSPS) is 16.6. The van der Waals surface area contributed by atoms with Crippen LogP contribution in [0.15, 0.2) is 53.6 Å². The summed E-state index contributed by atoms with van der Waals surface area (Å²) in [5, 5.41) is 15.9. The fraction of sp³-hybridized carbons (Fsp3) is 0.417. The minimum Gasteiger partial charge on any atom is -0.491 e. The largest absolute Gasteiger partial charge is 0.491 e. The molecule has 3 rings (SSSR count). The summed E-state index contributed by atoms with van der Waals surface area (Å²) in [5.41, 5.74) is 4.07. The van der Waals surface area contributed by atoms with E-state index >= 15 is 0 Å². The number of nitrogens with zero attached hydrogens (tertiary/aromatic N) is 2. The van der Waals surface area contributed by atoms with Crippen LogP contribution >= 0.6 is 0 Å². The molecule has 1 aliphatic rings. The minimum absolute atomic E-state index is 0.0949. The summed E-state index contributed by atoms with van der Waals surface area (Å²) < 4.78 is 6.05. The van der Waals surface area contributed by atoms with Crippen LogP contribution in [0.4, 0.5) is 5.69 Å². The van der Waals surface area contributed by atoms with Gasteiger partial charge >= 0.3 is 5.97 Å². The lowest BCUT2D eigenvalue weighted by Crippen LogP contribution is -2.32. The van der Waals surface area contributed by atoms with Crippen molar-refractivity contribution in [1.29, 1.82) is 0 Å². The maximum Gasteiger partial charge on any atom is 0.304 e. The van der Waals surface area contributed by atoms with Gasteiger partial charge in [0.1, 0.15) is 12.4 Å². The molecule has 0 aliphatic carbocycles. The number of carbonyl (C=O) groups is 1. The molecule has 2 aromatic rings. The van der Waals surface area contributed by atoms with Crippen molar-refractivity contribution >= 4 is 17.4 Å². The van der Waals surface area contributed by atoms with Crippen LogP contribution in [0.2, 0.25) is 0 Å². The van der Waals surface area contributed by atoms with Gasteiger partial charge < -0.3 is 9.84 Å². The number of hydrogen-bond acceptors (Lipinski definition) is 4. The topological polar surface area (TPSA) is 62.1 Å². The summed E-state index contributed by atoms with van der Waals surface area (Å²) in [4.78, 5) is 11.1. The highest BCUT2D eigenvalue weighted by atomic mass is 16.5. The first kappa shape index (κ1) is 20.9. The first-order valence-corrected chi connectivity index (χ1v) is 10.2. The van der Waals surface area contributed by atoms with Gasteiger partial charge in [0.2, 0.25) is 0 Å². The number of aryl methyl sites for hydroxylation is 1. The first-order valence-electron chi connectivity index (χ1n) is 10.2. The van der Waals surface area contributed by atoms with Crippen molar-refractivity contribution in [3.05, 3.63) is 59.7 Å². The third kappa shape index (κ3) is 5.17. The van der Waals surface area contributed by atoms with Gasteiger partial charge in [0.05, 0.1) is 18.2 Å². The molecule has 0 saturated heterocycles. The smallest absolute Gasteiger partial charge is 0.304 e. The van der Waals surface area contributed by atoms with Gasteiger partial charge in [-0.1, -0.05) is 45.0 Å². The fourth-order valence-corrected chi connectivity index (χ4v) is 3.69. The number of ether oxygens (including phenoxy) is 1. The van der Waals surface area contributed by atoms with Gasteiger partial charge in [-0.25, -0.2) is 0 Å². The van der Waals surface area contributed by atoms with Gasteiger partial charge in [-0.2, -0.15) is 5.10 Å². The van der Waals surface area contributed by atoms with Crippen molar-refractivity contribution in [3.8, 4) is 5.75 Å². The number of anilines is 1. The number of rotatable bonds is 8. The second-order valence-corrected chi connectivity index (χ2v) is 8.35. The summed E-state index contributed by atoms with van der Waals surface area (Å²) in [5.74, 6) is -0.00954. The number of carboxylic acids is 1. The zero-order valence-corrected chi connectivity index (χ0v) is 17.7. The van der Waals surface area contributed by atoms with E-state index in [1.165, 1.54) is 5.56 Å². The van der Waals surface area contributed by atoms with Gasteiger partial charge in [0.25, 0.3) is 0 Å². The van der Waals surface area contributed by atoms with Gasteiger partial charge in [0.15, 0.2) is 0 Å². The lowest BCUT2D eigenvalue weighted by molar-refractivity contribution is -0.138. The highest BCUT2D eigenvalue weighted by Crippen LogP contribution is 2.29. The van der Waals surface area contributed by atoms with Gasteiger partial charge in [-0.3, -0.25) is 9.80 Å². The number of hydrogen-bond donors (Lipinski definition) is 1. The SMILES string of the molecule is CCc1ccc(N2N=C(C)CC2COc2ccc(C(C)(C)CC(=O)O)cc2)cc1.